The quantitative estimate of drug-likeness (QED) is 0.685. The number of halogens is 2. The van der Waals surface area contributed by atoms with Crippen molar-refractivity contribution in [2.45, 2.75) is 26.3 Å². The highest BCUT2D eigenvalue weighted by molar-refractivity contribution is 7.89. The second-order valence-electron chi connectivity index (χ2n) is 7.63. The van der Waals surface area contributed by atoms with E-state index in [1.165, 1.54) is 9.87 Å². The fourth-order valence-corrected chi connectivity index (χ4v) is 5.10. The first-order valence-electron chi connectivity index (χ1n) is 9.65. The van der Waals surface area contributed by atoms with Gasteiger partial charge in [0.2, 0.25) is 15.9 Å². The third-order valence-corrected chi connectivity index (χ3v) is 7.22. The smallest absolute Gasteiger partial charge is 0.236 e. The Morgan fingerprint density at radius 1 is 1.21 bits per heavy atom. The normalized spacial score (nSPS) is 22.9. The van der Waals surface area contributed by atoms with E-state index in [-0.39, 0.29) is 30.9 Å². The van der Waals surface area contributed by atoms with Gasteiger partial charge in [0.1, 0.15) is 5.75 Å². The number of piperazine rings is 1. The average molecular weight is 467 g/mol. The van der Waals surface area contributed by atoms with Gasteiger partial charge >= 0.3 is 0 Å². The molecule has 2 aliphatic heterocycles. The molecule has 2 fully saturated rings. The molecule has 0 saturated carbocycles. The van der Waals surface area contributed by atoms with Crippen LogP contribution in [0.4, 0.5) is 5.69 Å². The maximum Gasteiger partial charge on any atom is 0.236 e. The molecular weight excluding hydrogens is 435 g/mol. The number of benzene rings is 1. The molecule has 0 aliphatic carbocycles. The summed E-state index contributed by atoms with van der Waals surface area (Å²) in [5.74, 6) is -0.549. The molecule has 1 aromatic rings. The lowest BCUT2D eigenvalue weighted by Crippen LogP contribution is -2.53. The van der Waals surface area contributed by atoms with E-state index in [4.69, 9.17) is 0 Å². The van der Waals surface area contributed by atoms with Crippen molar-refractivity contribution in [3.63, 3.8) is 0 Å². The molecule has 2 heterocycles. The molecule has 3 rings (SSSR count). The van der Waals surface area contributed by atoms with Crippen molar-refractivity contribution in [2.75, 3.05) is 49.9 Å². The van der Waals surface area contributed by atoms with Crippen LogP contribution in [0.25, 0.3) is 0 Å². The van der Waals surface area contributed by atoms with Gasteiger partial charge in [-0.15, -0.1) is 24.8 Å². The molecule has 0 aromatic heterocycles. The van der Waals surface area contributed by atoms with Crippen LogP contribution in [0, 0.1) is 12.8 Å². The molecule has 29 heavy (non-hydrogen) atoms. The van der Waals surface area contributed by atoms with Gasteiger partial charge in [-0.25, -0.2) is 8.42 Å². The molecular formula is C19H32Cl2N4O3S. The number of hydrogen-bond donors (Lipinski definition) is 2. The van der Waals surface area contributed by atoms with E-state index in [2.05, 4.69) is 28.5 Å². The highest BCUT2D eigenvalue weighted by Gasteiger charge is 2.30. The van der Waals surface area contributed by atoms with Gasteiger partial charge in [-0.3, -0.25) is 4.79 Å². The van der Waals surface area contributed by atoms with E-state index in [0.717, 1.165) is 25.2 Å². The molecule has 2 saturated heterocycles. The Bertz CT molecular complexity index is 770. The molecule has 7 nitrogen and oxygen atoms in total. The maximum absolute atomic E-state index is 12.7. The summed E-state index contributed by atoms with van der Waals surface area (Å²) in [6.07, 6.45) is 0.835. The van der Waals surface area contributed by atoms with Gasteiger partial charge in [0.15, 0.2) is 0 Å². The topological polar surface area (TPSA) is 81.8 Å². The fraction of sp³-hybridized carbons (Fsp3) is 0.632. The highest BCUT2D eigenvalue weighted by atomic mass is 35.5. The lowest BCUT2D eigenvalue weighted by Gasteiger charge is -2.35. The van der Waals surface area contributed by atoms with E-state index >= 15 is 0 Å². The number of carbonyl (C=O) groups excluding carboxylic acids is 1. The Kier molecular flexibility index (Phi) is 10.2. The third-order valence-electron chi connectivity index (χ3n) is 5.44. The van der Waals surface area contributed by atoms with Crippen LogP contribution in [0.2, 0.25) is 0 Å². The summed E-state index contributed by atoms with van der Waals surface area (Å²) in [6.45, 7) is 7.90. The number of hydrogen-bond acceptors (Lipinski definition) is 5. The molecule has 0 bridgehead atoms. The van der Waals surface area contributed by atoms with Crippen molar-refractivity contribution in [1.29, 1.82) is 0 Å². The van der Waals surface area contributed by atoms with Crippen LogP contribution < -0.4 is 15.5 Å². The minimum Gasteiger partial charge on any atom is -0.369 e. The first-order chi connectivity index (χ1) is 12.8. The zero-order valence-corrected chi connectivity index (χ0v) is 19.4. The summed E-state index contributed by atoms with van der Waals surface area (Å²) in [4.78, 5) is 14.5. The Morgan fingerprint density at radius 3 is 2.52 bits per heavy atom. The Labute approximate surface area is 186 Å². The first-order valence-corrected chi connectivity index (χ1v) is 11.3. The van der Waals surface area contributed by atoms with Crippen molar-refractivity contribution in [2.24, 2.45) is 5.92 Å². The summed E-state index contributed by atoms with van der Waals surface area (Å²) < 4.78 is 26.8. The highest BCUT2D eigenvalue weighted by Crippen LogP contribution is 2.19. The second kappa shape index (κ2) is 11.4. The number of nitrogens with one attached hydrogen (secondary N) is 2. The lowest BCUT2D eigenvalue weighted by molar-refractivity contribution is -0.119. The molecule has 10 heteroatoms. The van der Waals surface area contributed by atoms with Gasteiger partial charge in [-0.05, 0) is 50.0 Å². The van der Waals surface area contributed by atoms with Crippen LogP contribution in [-0.2, 0) is 14.8 Å². The fourth-order valence-electron chi connectivity index (χ4n) is 3.78. The molecule has 2 aliphatic rings. The zero-order chi connectivity index (χ0) is 19.4. The predicted octanol–water partition coefficient (Wildman–Crippen LogP) is 1.40. The van der Waals surface area contributed by atoms with Crippen LogP contribution in [0.1, 0.15) is 18.9 Å². The standard InChI is InChI=1S/C19H30N4O3S.2ClH/c1-15-4-3-5-17(12-15)22-8-10-23(11-9-22)27(25,26)14-19(24)21-18-6-7-20-13-16(18)2;;/h3-5,12,16,18,20H,6-11,13-14H2,1-2H3,(H,21,24);2*1H. The zero-order valence-electron chi connectivity index (χ0n) is 17.0. The number of piperidine rings is 1. The van der Waals surface area contributed by atoms with Crippen molar-refractivity contribution in [1.82, 2.24) is 14.9 Å². The first kappa shape index (κ1) is 26.0. The molecule has 0 radical (unpaired) electrons. The third kappa shape index (κ3) is 7.00. The average Bonchev–Trinajstić information content (AvgIpc) is 2.63. The maximum atomic E-state index is 12.7. The number of rotatable bonds is 5. The number of anilines is 1. The van der Waals surface area contributed by atoms with E-state index in [9.17, 15) is 13.2 Å². The van der Waals surface area contributed by atoms with Crippen LogP contribution in [0.15, 0.2) is 24.3 Å². The number of aryl methyl sites for hydroxylation is 1. The van der Waals surface area contributed by atoms with Gasteiger partial charge in [-0.2, -0.15) is 4.31 Å². The second-order valence-corrected chi connectivity index (χ2v) is 9.59. The van der Waals surface area contributed by atoms with Crippen LogP contribution in [0.3, 0.4) is 0 Å². The number of amides is 1. The molecule has 1 amide bonds. The molecule has 2 unspecified atom stereocenters. The molecule has 166 valence electrons. The van der Waals surface area contributed by atoms with Gasteiger partial charge in [0.25, 0.3) is 0 Å². The van der Waals surface area contributed by atoms with Gasteiger partial charge < -0.3 is 15.5 Å². The lowest BCUT2D eigenvalue weighted by atomic mass is 9.95. The monoisotopic (exact) mass is 466 g/mol. The van der Waals surface area contributed by atoms with E-state index < -0.39 is 21.7 Å². The van der Waals surface area contributed by atoms with E-state index in [1.807, 2.05) is 25.1 Å². The summed E-state index contributed by atoms with van der Waals surface area (Å²) >= 11 is 0. The summed E-state index contributed by atoms with van der Waals surface area (Å²) in [5, 5.41) is 6.19. The van der Waals surface area contributed by atoms with Crippen molar-refractivity contribution in [3.8, 4) is 0 Å². The minimum absolute atomic E-state index is 0. The predicted molar refractivity (Wildman–Crippen MR) is 122 cm³/mol. The van der Waals surface area contributed by atoms with E-state index in [1.54, 1.807) is 0 Å². The van der Waals surface area contributed by atoms with Gasteiger partial charge in [0, 0.05) is 37.9 Å². The number of sulfonamides is 1. The molecule has 2 atom stereocenters. The summed E-state index contributed by atoms with van der Waals surface area (Å²) in [6, 6.07) is 8.27. The number of nitrogens with zero attached hydrogens (tertiary/aromatic N) is 2. The summed E-state index contributed by atoms with van der Waals surface area (Å²) in [7, 11) is -3.59. The molecule has 0 spiro atoms. The Hall–Kier alpha value is -1.06. The van der Waals surface area contributed by atoms with Gasteiger partial charge in [-0.1, -0.05) is 19.1 Å². The van der Waals surface area contributed by atoms with E-state index in [0.29, 0.717) is 32.1 Å². The summed E-state index contributed by atoms with van der Waals surface area (Å²) in [5.41, 5.74) is 2.30. The van der Waals surface area contributed by atoms with Crippen LogP contribution in [-0.4, -0.2) is 69.7 Å². The van der Waals surface area contributed by atoms with Crippen LogP contribution in [0.5, 0.6) is 0 Å². The Morgan fingerprint density at radius 2 is 1.90 bits per heavy atom. The van der Waals surface area contributed by atoms with Crippen molar-refractivity contribution >= 4 is 46.4 Å². The number of carbonyl (C=O) groups is 1. The van der Waals surface area contributed by atoms with Crippen molar-refractivity contribution in [3.05, 3.63) is 29.8 Å². The molecule has 1 aromatic carbocycles. The Balaban J connectivity index is 0.00000210. The van der Waals surface area contributed by atoms with Crippen molar-refractivity contribution < 1.29 is 13.2 Å². The minimum atomic E-state index is -3.59. The van der Waals surface area contributed by atoms with Crippen LogP contribution >= 0.6 is 24.8 Å². The SMILES string of the molecule is Cc1cccc(N2CCN(S(=O)(=O)CC(=O)NC3CCNCC3C)CC2)c1.Cl.Cl. The molecule has 2 N–H and O–H groups in total. The van der Waals surface area contributed by atoms with Gasteiger partial charge in [0.05, 0.1) is 0 Å². The largest absolute Gasteiger partial charge is 0.369 e.